The van der Waals surface area contributed by atoms with Crippen LogP contribution in [0.3, 0.4) is 0 Å². The maximum absolute atomic E-state index is 10.0. The summed E-state index contributed by atoms with van der Waals surface area (Å²) in [6.07, 6.45) is 5.25. The molecule has 5 heteroatoms. The van der Waals surface area contributed by atoms with Gasteiger partial charge in [0.25, 0.3) is 0 Å². The van der Waals surface area contributed by atoms with Gasteiger partial charge in [0.2, 0.25) is 0 Å². The van der Waals surface area contributed by atoms with Gasteiger partial charge >= 0.3 is 0 Å². The van der Waals surface area contributed by atoms with Crippen molar-refractivity contribution in [2.75, 3.05) is 26.7 Å². The molecule has 0 aromatic heterocycles. The molecular weight excluding hydrogens is 292 g/mol. The molecule has 0 radical (unpaired) electrons. The number of aliphatic hydroxyl groups is 1. The Hall–Kier alpha value is -1.56. The standard InChI is InChI=1S/C18H24N2O3/c1-22-14-3-2-12-11-20(9-7-19)8-6-18-5-4-13(21)10-15(18)23-17(14)16(12)18/h2-5,13,15,21H,6-11,19H2,1H3. The topological polar surface area (TPSA) is 68.0 Å². The summed E-state index contributed by atoms with van der Waals surface area (Å²) in [4.78, 5) is 2.41. The first-order chi connectivity index (χ1) is 11.2. The maximum Gasteiger partial charge on any atom is 0.166 e. The average molecular weight is 316 g/mol. The molecule has 3 atom stereocenters. The number of methoxy groups -OCH3 is 1. The zero-order valence-corrected chi connectivity index (χ0v) is 13.5. The van der Waals surface area contributed by atoms with Crippen LogP contribution in [0.1, 0.15) is 24.0 Å². The van der Waals surface area contributed by atoms with Crippen molar-refractivity contribution in [3.8, 4) is 11.5 Å². The first kappa shape index (κ1) is 15.0. The molecule has 3 aliphatic rings. The van der Waals surface area contributed by atoms with Gasteiger partial charge in [-0.3, -0.25) is 4.90 Å². The molecule has 23 heavy (non-hydrogen) atoms. The Labute approximate surface area is 136 Å². The fourth-order valence-corrected chi connectivity index (χ4v) is 4.37. The van der Waals surface area contributed by atoms with Crippen LogP contribution in [0.4, 0.5) is 0 Å². The Kier molecular flexibility index (Phi) is 3.59. The van der Waals surface area contributed by atoms with E-state index >= 15 is 0 Å². The van der Waals surface area contributed by atoms with Crippen LogP contribution in [0.5, 0.6) is 11.5 Å². The largest absolute Gasteiger partial charge is 0.493 e. The molecule has 2 heterocycles. The highest BCUT2D eigenvalue weighted by molar-refractivity contribution is 5.60. The molecule has 0 saturated heterocycles. The van der Waals surface area contributed by atoms with Gasteiger partial charge in [0.1, 0.15) is 6.10 Å². The van der Waals surface area contributed by atoms with E-state index in [2.05, 4.69) is 17.0 Å². The molecular formula is C18H24N2O3. The zero-order chi connectivity index (χ0) is 16.0. The van der Waals surface area contributed by atoms with E-state index in [1.165, 1.54) is 11.1 Å². The Morgan fingerprint density at radius 2 is 2.35 bits per heavy atom. The number of nitrogens with zero attached hydrogens (tertiary/aromatic N) is 1. The van der Waals surface area contributed by atoms with Gasteiger partial charge in [-0.2, -0.15) is 0 Å². The van der Waals surface area contributed by atoms with E-state index < -0.39 is 6.10 Å². The fraction of sp³-hybridized carbons (Fsp3) is 0.556. The molecule has 4 rings (SSSR count). The van der Waals surface area contributed by atoms with Crippen molar-refractivity contribution in [3.63, 3.8) is 0 Å². The second kappa shape index (κ2) is 5.51. The first-order valence-corrected chi connectivity index (χ1v) is 8.35. The molecule has 2 aliphatic heterocycles. The molecule has 3 unspecified atom stereocenters. The van der Waals surface area contributed by atoms with E-state index in [1.54, 1.807) is 7.11 Å². The van der Waals surface area contributed by atoms with E-state index in [9.17, 15) is 5.11 Å². The monoisotopic (exact) mass is 316 g/mol. The van der Waals surface area contributed by atoms with Crippen molar-refractivity contribution in [1.82, 2.24) is 4.90 Å². The number of rotatable bonds is 3. The third-order valence-electron chi connectivity index (χ3n) is 5.48. The van der Waals surface area contributed by atoms with Gasteiger partial charge in [-0.1, -0.05) is 18.2 Å². The van der Waals surface area contributed by atoms with Crippen LogP contribution in [0, 0.1) is 0 Å². The molecule has 0 fully saturated rings. The molecule has 124 valence electrons. The van der Waals surface area contributed by atoms with Gasteiger partial charge in [-0.25, -0.2) is 0 Å². The minimum Gasteiger partial charge on any atom is -0.493 e. The lowest BCUT2D eigenvalue weighted by Crippen LogP contribution is -2.43. The third-order valence-corrected chi connectivity index (χ3v) is 5.48. The van der Waals surface area contributed by atoms with Crippen molar-refractivity contribution in [2.45, 2.75) is 37.0 Å². The van der Waals surface area contributed by atoms with Crippen LogP contribution in [0.15, 0.2) is 24.3 Å². The number of hydrogen-bond donors (Lipinski definition) is 2. The summed E-state index contributed by atoms with van der Waals surface area (Å²) in [6.45, 7) is 3.43. The summed E-state index contributed by atoms with van der Waals surface area (Å²) < 4.78 is 11.8. The highest BCUT2D eigenvalue weighted by atomic mass is 16.5. The highest BCUT2D eigenvalue weighted by Crippen LogP contribution is 2.55. The van der Waals surface area contributed by atoms with Crippen molar-refractivity contribution < 1.29 is 14.6 Å². The van der Waals surface area contributed by atoms with Crippen LogP contribution in [-0.2, 0) is 12.0 Å². The predicted molar refractivity (Wildman–Crippen MR) is 87.8 cm³/mol. The molecule has 0 amide bonds. The number of hydrogen-bond acceptors (Lipinski definition) is 5. The molecule has 0 bridgehead atoms. The quantitative estimate of drug-likeness (QED) is 0.820. The van der Waals surface area contributed by atoms with Crippen LogP contribution in [0.2, 0.25) is 0 Å². The molecule has 3 N–H and O–H groups in total. The van der Waals surface area contributed by atoms with Gasteiger partial charge in [-0.05, 0) is 24.6 Å². The first-order valence-electron chi connectivity index (χ1n) is 8.35. The minimum absolute atomic E-state index is 0.0228. The van der Waals surface area contributed by atoms with Gasteiger partial charge in [0.15, 0.2) is 11.5 Å². The van der Waals surface area contributed by atoms with Crippen LogP contribution in [-0.4, -0.2) is 49.0 Å². The molecule has 1 aromatic carbocycles. The van der Waals surface area contributed by atoms with E-state index in [0.717, 1.165) is 37.6 Å². The minimum atomic E-state index is -0.433. The lowest BCUT2D eigenvalue weighted by Gasteiger charge is -2.35. The van der Waals surface area contributed by atoms with Crippen LogP contribution < -0.4 is 15.2 Å². The lowest BCUT2D eigenvalue weighted by atomic mass is 9.69. The summed E-state index contributed by atoms with van der Waals surface area (Å²) >= 11 is 0. The summed E-state index contributed by atoms with van der Waals surface area (Å²) in [7, 11) is 1.68. The molecule has 1 aromatic rings. The summed E-state index contributed by atoms with van der Waals surface area (Å²) in [5.74, 6) is 1.65. The van der Waals surface area contributed by atoms with Crippen molar-refractivity contribution in [2.24, 2.45) is 5.73 Å². The number of benzene rings is 1. The van der Waals surface area contributed by atoms with Gasteiger partial charge in [0.05, 0.1) is 18.6 Å². The van der Waals surface area contributed by atoms with E-state index in [4.69, 9.17) is 15.2 Å². The van der Waals surface area contributed by atoms with E-state index in [-0.39, 0.29) is 11.5 Å². The summed E-state index contributed by atoms with van der Waals surface area (Å²) in [5.41, 5.74) is 8.16. The average Bonchev–Trinajstić information content (AvgIpc) is 2.79. The van der Waals surface area contributed by atoms with Gasteiger partial charge in [-0.15, -0.1) is 0 Å². The number of ether oxygens (including phenoxy) is 2. The van der Waals surface area contributed by atoms with E-state index in [1.807, 2.05) is 12.1 Å². The van der Waals surface area contributed by atoms with Crippen molar-refractivity contribution in [3.05, 3.63) is 35.4 Å². The Morgan fingerprint density at radius 1 is 1.48 bits per heavy atom. The smallest absolute Gasteiger partial charge is 0.166 e. The number of aliphatic hydroxyl groups excluding tert-OH is 1. The third kappa shape index (κ3) is 2.18. The fourth-order valence-electron chi connectivity index (χ4n) is 4.37. The molecule has 1 spiro atoms. The highest BCUT2D eigenvalue weighted by Gasteiger charge is 2.52. The van der Waals surface area contributed by atoms with E-state index in [0.29, 0.717) is 13.0 Å². The molecule has 0 saturated carbocycles. The SMILES string of the molecule is COc1ccc2c3c1OC1CC(O)C=CC31CCN(CCN)C2. The second-order valence-electron chi connectivity index (χ2n) is 6.75. The Balaban J connectivity index is 1.87. The van der Waals surface area contributed by atoms with Crippen LogP contribution in [0.25, 0.3) is 0 Å². The number of nitrogens with two attached hydrogens (primary N) is 1. The van der Waals surface area contributed by atoms with Crippen LogP contribution >= 0.6 is 0 Å². The van der Waals surface area contributed by atoms with Gasteiger partial charge in [0, 0.05) is 31.6 Å². The second-order valence-corrected chi connectivity index (χ2v) is 6.75. The van der Waals surface area contributed by atoms with Gasteiger partial charge < -0.3 is 20.3 Å². The lowest BCUT2D eigenvalue weighted by molar-refractivity contribution is 0.0812. The summed E-state index contributed by atoms with van der Waals surface area (Å²) in [5, 5.41) is 10.0. The van der Waals surface area contributed by atoms with Crippen molar-refractivity contribution in [1.29, 1.82) is 0 Å². The molecule has 5 nitrogen and oxygen atoms in total. The van der Waals surface area contributed by atoms with Crippen molar-refractivity contribution >= 4 is 0 Å². The normalized spacial score (nSPS) is 32.0. The Bertz CT molecular complexity index is 645. The maximum atomic E-state index is 10.0. The predicted octanol–water partition coefficient (Wildman–Crippen LogP) is 1.18. The molecule has 1 aliphatic carbocycles. The zero-order valence-electron chi connectivity index (χ0n) is 13.5. The summed E-state index contributed by atoms with van der Waals surface area (Å²) in [6, 6.07) is 4.14. The Morgan fingerprint density at radius 3 is 3.13 bits per heavy atom.